The van der Waals surface area contributed by atoms with E-state index in [1.165, 1.54) is 0 Å². The van der Waals surface area contributed by atoms with Gasteiger partial charge in [0.25, 0.3) is 0 Å². The summed E-state index contributed by atoms with van der Waals surface area (Å²) in [4.78, 5) is 14.6. The summed E-state index contributed by atoms with van der Waals surface area (Å²) in [6.45, 7) is 3.69. The van der Waals surface area contributed by atoms with Gasteiger partial charge in [-0.05, 0) is 45.1 Å². The van der Waals surface area contributed by atoms with Crippen molar-refractivity contribution in [3.63, 3.8) is 0 Å². The normalized spacial score (nSPS) is 42.1. The molecule has 3 heterocycles. The summed E-state index contributed by atoms with van der Waals surface area (Å²) < 4.78 is 5.78. The molecule has 3 fully saturated rings. The number of halogens is 1. The number of likely N-dealkylation sites (tertiary alicyclic amines) is 1. The summed E-state index contributed by atoms with van der Waals surface area (Å²) in [5.74, 6) is 0.946. The number of nitrogens with zero attached hydrogens (tertiary/aromatic N) is 1. The Labute approximate surface area is 115 Å². The number of carbonyl (C=O) groups excluding carboxylic acids is 1. The fourth-order valence-electron chi connectivity index (χ4n) is 3.73. The second-order valence-electron chi connectivity index (χ2n) is 5.89. The monoisotopic (exact) mass is 274 g/mol. The van der Waals surface area contributed by atoms with Crippen molar-refractivity contribution in [1.82, 2.24) is 4.90 Å². The minimum atomic E-state index is 0. The fraction of sp³-hybridized carbons (Fsp3) is 0.923. The van der Waals surface area contributed by atoms with E-state index in [0.717, 1.165) is 32.2 Å². The molecular formula is C13H23ClN2O2. The van der Waals surface area contributed by atoms with E-state index in [1.807, 2.05) is 4.90 Å². The number of hydrogen-bond acceptors (Lipinski definition) is 3. The van der Waals surface area contributed by atoms with Crippen LogP contribution in [0, 0.1) is 11.8 Å². The molecule has 0 aromatic heterocycles. The number of hydrogen-bond donors (Lipinski definition) is 1. The molecule has 5 heteroatoms. The Morgan fingerprint density at radius 2 is 2.17 bits per heavy atom. The minimum Gasteiger partial charge on any atom is -0.374 e. The van der Waals surface area contributed by atoms with Gasteiger partial charge in [0.15, 0.2) is 0 Å². The van der Waals surface area contributed by atoms with Crippen molar-refractivity contribution < 1.29 is 9.53 Å². The number of nitrogens with two attached hydrogens (primary N) is 1. The van der Waals surface area contributed by atoms with Crippen LogP contribution in [0.4, 0.5) is 0 Å². The van der Waals surface area contributed by atoms with Gasteiger partial charge in [0, 0.05) is 12.6 Å². The molecule has 0 radical (unpaired) electrons. The highest BCUT2D eigenvalue weighted by Gasteiger charge is 2.47. The lowest BCUT2D eigenvalue weighted by Crippen LogP contribution is -2.42. The molecule has 0 aliphatic carbocycles. The quantitative estimate of drug-likeness (QED) is 0.822. The van der Waals surface area contributed by atoms with Crippen molar-refractivity contribution in [2.75, 3.05) is 13.1 Å². The predicted molar refractivity (Wildman–Crippen MR) is 71.6 cm³/mol. The van der Waals surface area contributed by atoms with Crippen LogP contribution in [0.25, 0.3) is 0 Å². The van der Waals surface area contributed by atoms with Gasteiger partial charge in [-0.2, -0.15) is 0 Å². The molecule has 18 heavy (non-hydrogen) atoms. The van der Waals surface area contributed by atoms with Gasteiger partial charge >= 0.3 is 0 Å². The largest absolute Gasteiger partial charge is 0.374 e. The third-order valence-electron chi connectivity index (χ3n) is 4.70. The molecule has 104 valence electrons. The molecule has 0 aromatic carbocycles. The molecule has 5 atom stereocenters. The van der Waals surface area contributed by atoms with E-state index in [0.29, 0.717) is 30.5 Å². The van der Waals surface area contributed by atoms with Crippen LogP contribution in [0.5, 0.6) is 0 Å². The standard InChI is InChI=1S/C13H22N2O2.ClH/c1-8-4-9(6-14)7-15(8)13(16)11-5-10-2-3-12(11)17-10;/h8-12H,2-7,14H2,1H3;1H. The first kappa shape index (κ1) is 14.1. The van der Waals surface area contributed by atoms with Gasteiger partial charge in [-0.3, -0.25) is 4.79 Å². The van der Waals surface area contributed by atoms with Crippen LogP contribution >= 0.6 is 12.4 Å². The summed E-state index contributed by atoms with van der Waals surface area (Å²) in [5.41, 5.74) is 5.71. The summed E-state index contributed by atoms with van der Waals surface area (Å²) in [7, 11) is 0. The van der Waals surface area contributed by atoms with Crippen LogP contribution < -0.4 is 5.73 Å². The Bertz CT molecular complexity index is 326. The molecular weight excluding hydrogens is 252 g/mol. The zero-order valence-corrected chi connectivity index (χ0v) is 11.7. The molecule has 3 saturated heterocycles. The summed E-state index contributed by atoms with van der Waals surface area (Å²) >= 11 is 0. The van der Waals surface area contributed by atoms with Crippen molar-refractivity contribution in [1.29, 1.82) is 0 Å². The number of ether oxygens (including phenoxy) is 1. The van der Waals surface area contributed by atoms with Crippen molar-refractivity contribution in [2.24, 2.45) is 17.6 Å². The van der Waals surface area contributed by atoms with Crippen LogP contribution in [-0.4, -0.2) is 42.1 Å². The van der Waals surface area contributed by atoms with Gasteiger partial charge in [0.1, 0.15) is 0 Å². The zero-order valence-electron chi connectivity index (χ0n) is 10.9. The van der Waals surface area contributed by atoms with Gasteiger partial charge in [-0.15, -0.1) is 12.4 Å². The van der Waals surface area contributed by atoms with Gasteiger partial charge < -0.3 is 15.4 Å². The molecule has 3 rings (SSSR count). The van der Waals surface area contributed by atoms with Gasteiger partial charge in [0.2, 0.25) is 5.91 Å². The van der Waals surface area contributed by atoms with Crippen molar-refractivity contribution in [3.8, 4) is 0 Å². The Morgan fingerprint density at radius 1 is 1.39 bits per heavy atom. The number of fused-ring (bicyclic) bond motifs is 2. The zero-order chi connectivity index (χ0) is 12.0. The molecule has 3 aliphatic rings. The Balaban J connectivity index is 0.00000120. The Hall–Kier alpha value is -0.320. The maximum Gasteiger partial charge on any atom is 0.228 e. The lowest BCUT2D eigenvalue weighted by molar-refractivity contribution is -0.137. The van der Waals surface area contributed by atoms with Gasteiger partial charge in [0.05, 0.1) is 18.1 Å². The number of carbonyl (C=O) groups is 1. The lowest BCUT2D eigenvalue weighted by Gasteiger charge is -2.27. The van der Waals surface area contributed by atoms with Crippen LogP contribution in [0.3, 0.4) is 0 Å². The molecule has 0 aromatic rings. The first-order valence-corrected chi connectivity index (χ1v) is 6.85. The summed E-state index contributed by atoms with van der Waals surface area (Å²) in [6.07, 6.45) is 4.79. The van der Waals surface area contributed by atoms with Crippen molar-refractivity contribution >= 4 is 18.3 Å². The van der Waals surface area contributed by atoms with Crippen LogP contribution in [0.2, 0.25) is 0 Å². The molecule has 2 bridgehead atoms. The predicted octanol–water partition coefficient (Wildman–Crippen LogP) is 1.17. The smallest absolute Gasteiger partial charge is 0.228 e. The average Bonchev–Trinajstić information content (AvgIpc) is 3.01. The van der Waals surface area contributed by atoms with E-state index in [4.69, 9.17) is 10.5 Å². The van der Waals surface area contributed by atoms with E-state index in [9.17, 15) is 4.79 Å². The highest BCUT2D eigenvalue weighted by Crippen LogP contribution is 2.40. The molecule has 5 unspecified atom stereocenters. The molecule has 1 amide bonds. The highest BCUT2D eigenvalue weighted by atomic mass is 35.5. The van der Waals surface area contributed by atoms with Crippen LogP contribution in [0.1, 0.15) is 32.6 Å². The first-order valence-electron chi connectivity index (χ1n) is 6.85. The Morgan fingerprint density at radius 3 is 2.67 bits per heavy atom. The molecule has 3 aliphatic heterocycles. The van der Waals surface area contributed by atoms with E-state index >= 15 is 0 Å². The molecule has 0 spiro atoms. The van der Waals surface area contributed by atoms with E-state index in [1.54, 1.807) is 0 Å². The third-order valence-corrected chi connectivity index (χ3v) is 4.70. The summed E-state index contributed by atoms with van der Waals surface area (Å²) in [6, 6.07) is 0.357. The fourth-order valence-corrected chi connectivity index (χ4v) is 3.73. The van der Waals surface area contributed by atoms with E-state index in [-0.39, 0.29) is 24.4 Å². The van der Waals surface area contributed by atoms with Crippen LogP contribution in [0.15, 0.2) is 0 Å². The SMILES string of the molecule is CC1CC(CN)CN1C(=O)C1CC2CCC1O2.Cl. The summed E-state index contributed by atoms with van der Waals surface area (Å²) in [5, 5.41) is 0. The second-order valence-corrected chi connectivity index (χ2v) is 5.89. The molecule has 2 N–H and O–H groups in total. The Kier molecular flexibility index (Phi) is 4.19. The topological polar surface area (TPSA) is 55.6 Å². The molecule has 4 nitrogen and oxygen atoms in total. The number of rotatable bonds is 2. The highest BCUT2D eigenvalue weighted by molar-refractivity contribution is 5.85. The van der Waals surface area contributed by atoms with E-state index in [2.05, 4.69) is 6.92 Å². The van der Waals surface area contributed by atoms with Crippen molar-refractivity contribution in [3.05, 3.63) is 0 Å². The van der Waals surface area contributed by atoms with Crippen LogP contribution in [-0.2, 0) is 9.53 Å². The number of amides is 1. The third kappa shape index (κ3) is 2.26. The van der Waals surface area contributed by atoms with E-state index < -0.39 is 0 Å². The maximum atomic E-state index is 12.5. The van der Waals surface area contributed by atoms with Gasteiger partial charge in [-0.25, -0.2) is 0 Å². The average molecular weight is 275 g/mol. The minimum absolute atomic E-state index is 0. The van der Waals surface area contributed by atoms with Crippen molar-refractivity contribution in [2.45, 2.75) is 50.9 Å². The second kappa shape index (κ2) is 5.35. The first-order chi connectivity index (χ1) is 8.19. The van der Waals surface area contributed by atoms with Gasteiger partial charge in [-0.1, -0.05) is 0 Å². The molecule has 0 saturated carbocycles. The lowest BCUT2D eigenvalue weighted by atomic mass is 9.88. The maximum absolute atomic E-state index is 12.5.